The van der Waals surface area contributed by atoms with Crippen molar-refractivity contribution in [2.24, 2.45) is 0 Å². The van der Waals surface area contributed by atoms with Crippen LogP contribution in [0, 0.1) is 11.3 Å². The van der Waals surface area contributed by atoms with Crippen LogP contribution in [0.25, 0.3) is 0 Å². The van der Waals surface area contributed by atoms with Crippen LogP contribution >= 0.6 is 11.6 Å². The van der Waals surface area contributed by atoms with Crippen LogP contribution in [-0.2, 0) is 6.61 Å². The first-order valence-electron chi connectivity index (χ1n) is 5.82. The molecule has 0 saturated carbocycles. The second-order valence-corrected chi connectivity index (χ2v) is 4.67. The molecule has 0 unspecified atom stereocenters. The quantitative estimate of drug-likeness (QED) is 0.861. The molecular weight excluding hydrogens is 264 g/mol. The average molecular weight is 277 g/mol. The summed E-state index contributed by atoms with van der Waals surface area (Å²) >= 11 is 6.03. The number of aromatic nitrogens is 3. The van der Waals surface area contributed by atoms with Crippen LogP contribution in [0.1, 0.15) is 31.3 Å². The van der Waals surface area contributed by atoms with Gasteiger partial charge in [0.05, 0.1) is 16.7 Å². The van der Waals surface area contributed by atoms with E-state index in [1.165, 1.54) is 6.33 Å². The van der Waals surface area contributed by atoms with Gasteiger partial charge in [-0.25, -0.2) is 9.67 Å². The second kappa shape index (κ2) is 5.72. The van der Waals surface area contributed by atoms with Gasteiger partial charge in [-0.15, -0.1) is 0 Å². The Kier molecular flexibility index (Phi) is 4.03. The van der Waals surface area contributed by atoms with Crippen molar-refractivity contribution in [1.29, 1.82) is 5.26 Å². The zero-order chi connectivity index (χ0) is 13.8. The lowest BCUT2D eigenvalue weighted by Gasteiger charge is -2.11. The largest absolute Gasteiger partial charge is 0.484 e. The first-order valence-corrected chi connectivity index (χ1v) is 6.20. The van der Waals surface area contributed by atoms with Crippen molar-refractivity contribution >= 4 is 11.6 Å². The fourth-order valence-electron chi connectivity index (χ4n) is 1.64. The molecule has 1 heterocycles. The molecule has 0 atom stereocenters. The molecular formula is C13H13ClN4O. The Bertz CT molecular complexity index is 615. The Morgan fingerprint density at radius 2 is 2.26 bits per heavy atom. The number of hydrogen-bond acceptors (Lipinski definition) is 4. The standard InChI is InChI=1S/C13H13ClN4O/c1-9(2)18-13(16-8-17-18)7-19-12-4-3-10(6-15)5-11(12)14/h3-5,8-9H,7H2,1-2H3. The topological polar surface area (TPSA) is 63.7 Å². The maximum absolute atomic E-state index is 8.76. The lowest BCUT2D eigenvalue weighted by Crippen LogP contribution is -2.10. The maximum Gasteiger partial charge on any atom is 0.165 e. The molecule has 1 aromatic heterocycles. The van der Waals surface area contributed by atoms with Crippen LogP contribution in [0.2, 0.25) is 5.02 Å². The third-order valence-electron chi connectivity index (χ3n) is 2.55. The molecule has 2 rings (SSSR count). The number of hydrogen-bond donors (Lipinski definition) is 0. The Morgan fingerprint density at radius 3 is 2.89 bits per heavy atom. The molecule has 0 N–H and O–H groups in total. The smallest absolute Gasteiger partial charge is 0.165 e. The number of benzene rings is 1. The minimum Gasteiger partial charge on any atom is -0.484 e. The van der Waals surface area contributed by atoms with E-state index in [4.69, 9.17) is 21.6 Å². The molecule has 0 bridgehead atoms. The van der Waals surface area contributed by atoms with Gasteiger partial charge in [-0.2, -0.15) is 10.4 Å². The lowest BCUT2D eigenvalue weighted by atomic mass is 10.2. The van der Waals surface area contributed by atoms with E-state index in [1.54, 1.807) is 22.9 Å². The van der Waals surface area contributed by atoms with Gasteiger partial charge in [-0.3, -0.25) is 0 Å². The summed E-state index contributed by atoms with van der Waals surface area (Å²) in [6.07, 6.45) is 1.50. The second-order valence-electron chi connectivity index (χ2n) is 4.26. The third-order valence-corrected chi connectivity index (χ3v) is 2.85. The highest BCUT2D eigenvalue weighted by atomic mass is 35.5. The van der Waals surface area contributed by atoms with Gasteiger partial charge >= 0.3 is 0 Å². The van der Waals surface area contributed by atoms with E-state index in [-0.39, 0.29) is 12.6 Å². The summed E-state index contributed by atoms with van der Waals surface area (Å²) in [6, 6.07) is 7.15. The van der Waals surface area contributed by atoms with Crippen molar-refractivity contribution < 1.29 is 4.74 Å². The van der Waals surface area contributed by atoms with Gasteiger partial charge < -0.3 is 4.74 Å². The Hall–Kier alpha value is -2.06. The van der Waals surface area contributed by atoms with Gasteiger partial charge in [0, 0.05) is 6.04 Å². The predicted octanol–water partition coefficient (Wildman–Crippen LogP) is 2.96. The van der Waals surface area contributed by atoms with Crippen LogP contribution in [0.15, 0.2) is 24.5 Å². The van der Waals surface area contributed by atoms with Crippen LogP contribution in [0.4, 0.5) is 0 Å². The van der Waals surface area contributed by atoms with Crippen LogP contribution in [0.5, 0.6) is 5.75 Å². The molecule has 2 aromatic rings. The fraction of sp³-hybridized carbons (Fsp3) is 0.308. The predicted molar refractivity (Wildman–Crippen MR) is 70.9 cm³/mol. The molecule has 6 heteroatoms. The van der Waals surface area contributed by atoms with Gasteiger partial charge in [-0.05, 0) is 32.0 Å². The average Bonchev–Trinajstić information content (AvgIpc) is 2.85. The minimum atomic E-state index is 0.220. The van der Waals surface area contributed by atoms with Crippen molar-refractivity contribution in [3.8, 4) is 11.8 Å². The van der Waals surface area contributed by atoms with Gasteiger partial charge in [0.1, 0.15) is 18.7 Å². The van der Waals surface area contributed by atoms with Crippen LogP contribution in [0.3, 0.4) is 0 Å². The number of nitrogens with zero attached hydrogens (tertiary/aromatic N) is 4. The lowest BCUT2D eigenvalue weighted by molar-refractivity contribution is 0.282. The van der Waals surface area contributed by atoms with E-state index < -0.39 is 0 Å². The Balaban J connectivity index is 2.11. The zero-order valence-electron chi connectivity index (χ0n) is 10.7. The Labute approximate surface area is 116 Å². The summed E-state index contributed by atoms with van der Waals surface area (Å²) in [4.78, 5) is 4.15. The van der Waals surface area contributed by atoms with E-state index in [0.29, 0.717) is 16.3 Å². The molecule has 0 aliphatic heterocycles. The Morgan fingerprint density at radius 1 is 1.47 bits per heavy atom. The van der Waals surface area contributed by atoms with E-state index in [9.17, 15) is 0 Å². The third kappa shape index (κ3) is 3.04. The van der Waals surface area contributed by atoms with E-state index >= 15 is 0 Å². The first kappa shape index (κ1) is 13.4. The normalized spacial score (nSPS) is 10.5. The number of ether oxygens (including phenoxy) is 1. The molecule has 0 saturated heterocycles. The summed E-state index contributed by atoms with van der Waals surface area (Å²) in [5.74, 6) is 1.26. The molecule has 0 amide bonds. The van der Waals surface area contributed by atoms with Gasteiger partial charge in [0.15, 0.2) is 5.82 Å². The minimum absolute atomic E-state index is 0.220. The van der Waals surface area contributed by atoms with Gasteiger partial charge in [0.2, 0.25) is 0 Å². The van der Waals surface area contributed by atoms with Gasteiger partial charge in [-0.1, -0.05) is 11.6 Å². The first-order chi connectivity index (χ1) is 9.11. The monoisotopic (exact) mass is 276 g/mol. The molecule has 98 valence electrons. The fourth-order valence-corrected chi connectivity index (χ4v) is 1.87. The van der Waals surface area contributed by atoms with Crippen molar-refractivity contribution in [2.45, 2.75) is 26.5 Å². The summed E-state index contributed by atoms with van der Waals surface area (Å²) in [7, 11) is 0. The summed E-state index contributed by atoms with van der Waals surface area (Å²) < 4.78 is 7.40. The molecule has 1 aromatic carbocycles. The van der Waals surface area contributed by atoms with Crippen molar-refractivity contribution in [3.05, 3.63) is 40.9 Å². The molecule has 5 nitrogen and oxygen atoms in total. The summed E-state index contributed by atoms with van der Waals surface area (Å²) in [5, 5.41) is 13.3. The van der Waals surface area contributed by atoms with E-state index in [1.807, 2.05) is 19.9 Å². The molecule has 19 heavy (non-hydrogen) atoms. The highest BCUT2D eigenvalue weighted by molar-refractivity contribution is 6.32. The van der Waals surface area contributed by atoms with E-state index in [2.05, 4.69) is 10.1 Å². The molecule has 0 fully saturated rings. The molecule has 0 aliphatic carbocycles. The maximum atomic E-state index is 8.76. The SMILES string of the molecule is CC(C)n1ncnc1COc1ccc(C#N)cc1Cl. The summed E-state index contributed by atoms with van der Waals surface area (Å²) in [6.45, 7) is 4.32. The summed E-state index contributed by atoms with van der Waals surface area (Å²) in [5.41, 5.74) is 0.502. The van der Waals surface area contributed by atoms with Crippen LogP contribution in [-0.4, -0.2) is 14.8 Å². The van der Waals surface area contributed by atoms with Crippen molar-refractivity contribution in [2.75, 3.05) is 0 Å². The van der Waals surface area contributed by atoms with Crippen LogP contribution < -0.4 is 4.74 Å². The zero-order valence-corrected chi connectivity index (χ0v) is 11.4. The molecule has 0 aliphatic rings. The number of halogens is 1. The van der Waals surface area contributed by atoms with Gasteiger partial charge in [0.25, 0.3) is 0 Å². The number of rotatable bonds is 4. The van der Waals surface area contributed by atoms with Crippen molar-refractivity contribution in [3.63, 3.8) is 0 Å². The van der Waals surface area contributed by atoms with Crippen molar-refractivity contribution in [1.82, 2.24) is 14.8 Å². The molecule has 0 spiro atoms. The molecule has 0 radical (unpaired) electrons. The van der Waals surface area contributed by atoms with E-state index in [0.717, 1.165) is 5.82 Å². The highest BCUT2D eigenvalue weighted by Gasteiger charge is 2.09. The number of nitriles is 1. The highest BCUT2D eigenvalue weighted by Crippen LogP contribution is 2.26.